The topological polar surface area (TPSA) is 64.6 Å². The predicted octanol–water partition coefficient (Wildman–Crippen LogP) is 2.74. The van der Waals surface area contributed by atoms with Gasteiger partial charge >= 0.3 is 6.03 Å². The molecule has 1 aliphatic heterocycles. The van der Waals surface area contributed by atoms with E-state index in [0.717, 1.165) is 32.0 Å². The molecule has 1 unspecified atom stereocenters. The quantitative estimate of drug-likeness (QED) is 0.697. The first-order valence-electron chi connectivity index (χ1n) is 9.76. The third-order valence-corrected chi connectivity index (χ3v) is 5.84. The summed E-state index contributed by atoms with van der Waals surface area (Å²) in [5.74, 6) is 0.185. The molecule has 3 N–H and O–H groups in total. The van der Waals surface area contributed by atoms with Crippen LogP contribution in [0.3, 0.4) is 0 Å². The number of carbonyl (C=O) groups excluding carboxylic acids is 1. The molecule has 140 valence electrons. The van der Waals surface area contributed by atoms with Gasteiger partial charge in [-0.1, -0.05) is 40.5 Å². The van der Waals surface area contributed by atoms with Gasteiger partial charge in [-0.05, 0) is 31.6 Å². The van der Waals surface area contributed by atoms with E-state index in [1.54, 1.807) is 0 Å². The molecule has 1 saturated heterocycles. The predicted molar refractivity (Wildman–Crippen MR) is 98.0 cm³/mol. The number of nitrogens with one attached hydrogen (secondary N) is 2. The largest absolute Gasteiger partial charge is 0.392 e. The Morgan fingerprint density at radius 3 is 2.29 bits per heavy atom. The lowest BCUT2D eigenvalue weighted by Crippen LogP contribution is -2.52. The molecule has 1 saturated carbocycles. The minimum Gasteiger partial charge on any atom is -0.392 e. The van der Waals surface area contributed by atoms with Crippen LogP contribution < -0.4 is 10.6 Å². The van der Waals surface area contributed by atoms with E-state index in [0.29, 0.717) is 6.54 Å². The summed E-state index contributed by atoms with van der Waals surface area (Å²) in [6.45, 7) is 10.7. The number of rotatable bonds is 6. The van der Waals surface area contributed by atoms with Crippen molar-refractivity contribution in [2.75, 3.05) is 19.6 Å². The average molecular weight is 340 g/mol. The highest BCUT2D eigenvalue weighted by molar-refractivity contribution is 5.74. The summed E-state index contributed by atoms with van der Waals surface area (Å²) in [5, 5.41) is 16.3. The maximum Gasteiger partial charge on any atom is 0.315 e. The molecule has 5 heteroatoms. The van der Waals surface area contributed by atoms with Crippen molar-refractivity contribution >= 4 is 6.03 Å². The number of amides is 2. The van der Waals surface area contributed by atoms with Crippen LogP contribution in [0.4, 0.5) is 4.79 Å². The fraction of sp³-hybridized carbons (Fsp3) is 0.947. The number of aliphatic hydroxyl groups is 1. The van der Waals surface area contributed by atoms with Crippen molar-refractivity contribution in [2.24, 2.45) is 11.3 Å². The Bertz CT molecular complexity index is 397. The lowest BCUT2D eigenvalue weighted by atomic mass is 9.81. The maximum atomic E-state index is 12.2. The van der Waals surface area contributed by atoms with Crippen molar-refractivity contribution in [1.29, 1.82) is 0 Å². The van der Waals surface area contributed by atoms with E-state index in [2.05, 4.69) is 15.5 Å². The molecule has 0 aromatic carbocycles. The third-order valence-electron chi connectivity index (χ3n) is 5.84. The Kier molecular flexibility index (Phi) is 6.93. The first kappa shape index (κ1) is 19.5. The molecular weight excluding hydrogens is 302 g/mol. The summed E-state index contributed by atoms with van der Waals surface area (Å²) in [7, 11) is 0. The van der Waals surface area contributed by atoms with Gasteiger partial charge in [0.25, 0.3) is 0 Å². The second-order valence-corrected chi connectivity index (χ2v) is 8.75. The molecule has 0 bridgehead atoms. The zero-order valence-corrected chi connectivity index (χ0v) is 16.0. The van der Waals surface area contributed by atoms with E-state index < -0.39 is 6.10 Å². The van der Waals surface area contributed by atoms with Crippen LogP contribution in [0.2, 0.25) is 0 Å². The first-order chi connectivity index (χ1) is 11.3. The average Bonchev–Trinajstić information content (AvgIpc) is 3.07. The van der Waals surface area contributed by atoms with Crippen LogP contribution in [0.25, 0.3) is 0 Å². The van der Waals surface area contributed by atoms with Crippen LogP contribution in [-0.4, -0.2) is 53.9 Å². The lowest BCUT2D eigenvalue weighted by molar-refractivity contribution is 0.0150. The number of hydrogen-bond acceptors (Lipinski definition) is 3. The van der Waals surface area contributed by atoms with Crippen LogP contribution in [0, 0.1) is 11.3 Å². The van der Waals surface area contributed by atoms with Crippen molar-refractivity contribution < 1.29 is 9.90 Å². The number of piperidine rings is 1. The molecular formula is C19H37N3O2. The van der Waals surface area contributed by atoms with Crippen LogP contribution in [0.15, 0.2) is 0 Å². The van der Waals surface area contributed by atoms with Gasteiger partial charge in [0.05, 0.1) is 6.10 Å². The molecule has 1 heterocycles. The summed E-state index contributed by atoms with van der Waals surface area (Å²) in [6.07, 6.45) is 7.13. The minimum atomic E-state index is -0.424. The van der Waals surface area contributed by atoms with Gasteiger partial charge in [0.1, 0.15) is 0 Å². The molecule has 0 spiro atoms. The van der Waals surface area contributed by atoms with E-state index in [1.165, 1.54) is 25.7 Å². The molecule has 0 aromatic rings. The number of nitrogens with zero attached hydrogens (tertiary/aromatic N) is 1. The second kappa shape index (κ2) is 8.52. The van der Waals surface area contributed by atoms with Gasteiger partial charge in [-0.25, -0.2) is 4.79 Å². The van der Waals surface area contributed by atoms with Crippen LogP contribution in [0.1, 0.15) is 66.2 Å². The lowest BCUT2D eigenvalue weighted by Gasteiger charge is -2.36. The van der Waals surface area contributed by atoms with Crippen LogP contribution in [0.5, 0.6) is 0 Å². The molecule has 2 aliphatic rings. The van der Waals surface area contributed by atoms with Gasteiger partial charge in [0.15, 0.2) is 0 Å². The SMILES string of the molecule is CC(C)C(O)C(C)(C)CNC(=O)NC1CCN(C2CCCC2)CC1. The zero-order chi connectivity index (χ0) is 17.7. The summed E-state index contributed by atoms with van der Waals surface area (Å²) in [4.78, 5) is 14.8. The molecule has 0 radical (unpaired) electrons. The van der Waals surface area contributed by atoms with Gasteiger partial charge < -0.3 is 20.6 Å². The van der Waals surface area contributed by atoms with Crippen molar-refractivity contribution in [3.05, 3.63) is 0 Å². The minimum absolute atomic E-state index is 0.0988. The summed E-state index contributed by atoms with van der Waals surface area (Å²) >= 11 is 0. The number of carbonyl (C=O) groups is 1. The fourth-order valence-corrected chi connectivity index (χ4v) is 4.23. The van der Waals surface area contributed by atoms with Gasteiger partial charge in [-0.15, -0.1) is 0 Å². The Labute approximate surface area is 147 Å². The van der Waals surface area contributed by atoms with Crippen LogP contribution >= 0.6 is 0 Å². The molecule has 2 fully saturated rings. The summed E-state index contributed by atoms with van der Waals surface area (Å²) in [6, 6.07) is 0.970. The molecule has 2 amide bonds. The Hall–Kier alpha value is -0.810. The van der Waals surface area contributed by atoms with E-state index >= 15 is 0 Å². The van der Waals surface area contributed by atoms with Crippen LogP contribution in [-0.2, 0) is 0 Å². The smallest absolute Gasteiger partial charge is 0.315 e. The van der Waals surface area contributed by atoms with E-state index in [9.17, 15) is 9.90 Å². The van der Waals surface area contributed by atoms with Gasteiger partial charge in [0, 0.05) is 37.1 Å². The Morgan fingerprint density at radius 2 is 1.75 bits per heavy atom. The molecule has 5 nitrogen and oxygen atoms in total. The normalized spacial score (nSPS) is 22.8. The fourth-order valence-electron chi connectivity index (χ4n) is 4.23. The molecule has 2 rings (SSSR count). The van der Waals surface area contributed by atoms with Gasteiger partial charge in [-0.3, -0.25) is 0 Å². The summed E-state index contributed by atoms with van der Waals surface area (Å²) < 4.78 is 0. The van der Waals surface area contributed by atoms with Crippen molar-refractivity contribution in [2.45, 2.75) is 84.4 Å². The van der Waals surface area contributed by atoms with Gasteiger partial charge in [-0.2, -0.15) is 0 Å². The number of aliphatic hydroxyl groups excluding tert-OH is 1. The highest BCUT2D eigenvalue weighted by atomic mass is 16.3. The zero-order valence-electron chi connectivity index (χ0n) is 16.0. The molecule has 1 atom stereocenters. The first-order valence-corrected chi connectivity index (χ1v) is 9.76. The molecule has 24 heavy (non-hydrogen) atoms. The Balaban J connectivity index is 1.68. The Morgan fingerprint density at radius 1 is 1.17 bits per heavy atom. The second-order valence-electron chi connectivity index (χ2n) is 8.75. The molecule has 0 aromatic heterocycles. The molecule has 1 aliphatic carbocycles. The summed E-state index contributed by atoms with van der Waals surface area (Å²) in [5.41, 5.74) is -0.322. The number of hydrogen-bond donors (Lipinski definition) is 3. The van der Waals surface area contributed by atoms with E-state index in [-0.39, 0.29) is 23.4 Å². The van der Waals surface area contributed by atoms with Crippen molar-refractivity contribution in [3.63, 3.8) is 0 Å². The van der Waals surface area contributed by atoms with E-state index in [4.69, 9.17) is 0 Å². The maximum absolute atomic E-state index is 12.2. The number of urea groups is 1. The third kappa shape index (κ3) is 5.35. The van der Waals surface area contributed by atoms with E-state index in [1.807, 2.05) is 27.7 Å². The highest BCUT2D eigenvalue weighted by Crippen LogP contribution is 2.26. The van der Waals surface area contributed by atoms with Gasteiger partial charge in [0.2, 0.25) is 0 Å². The highest BCUT2D eigenvalue weighted by Gasteiger charge is 2.31. The number of likely N-dealkylation sites (tertiary alicyclic amines) is 1. The van der Waals surface area contributed by atoms with Crippen molar-refractivity contribution in [3.8, 4) is 0 Å². The van der Waals surface area contributed by atoms with Crippen molar-refractivity contribution in [1.82, 2.24) is 15.5 Å². The standard InChI is InChI=1S/C19H37N3O2/c1-14(2)17(23)19(3,4)13-20-18(24)21-15-9-11-22(12-10-15)16-7-5-6-8-16/h14-17,23H,5-13H2,1-4H3,(H2,20,21,24). The monoisotopic (exact) mass is 339 g/mol.